The molecule has 0 radical (unpaired) electrons. The van der Waals surface area contributed by atoms with Gasteiger partial charge in [0.1, 0.15) is 12.1 Å². The summed E-state index contributed by atoms with van der Waals surface area (Å²) >= 11 is -1.41. The number of aromatic nitrogens is 3. The van der Waals surface area contributed by atoms with Crippen molar-refractivity contribution in [1.29, 1.82) is 0 Å². The highest BCUT2D eigenvalue weighted by Crippen LogP contribution is 2.38. The van der Waals surface area contributed by atoms with Crippen LogP contribution in [0.3, 0.4) is 0 Å². The molecule has 2 aromatic heterocycles. The number of rotatable bonds is 9. The molecule has 9 nitrogen and oxygen atoms in total. The van der Waals surface area contributed by atoms with Crippen molar-refractivity contribution >= 4 is 45.3 Å². The van der Waals surface area contributed by atoms with E-state index >= 15 is 0 Å². The Labute approximate surface area is 218 Å². The van der Waals surface area contributed by atoms with Crippen molar-refractivity contribution in [2.75, 3.05) is 52.8 Å². The average molecular weight is 533 g/mol. The fraction of sp³-hybridized carbons (Fsp3) is 0.360. The zero-order valence-corrected chi connectivity index (χ0v) is 21.8. The molecule has 1 aliphatic rings. The highest BCUT2D eigenvalue weighted by Gasteiger charge is 2.16. The minimum atomic E-state index is -1.41. The number of methoxy groups -OCH3 is 1. The topological polar surface area (TPSA) is 98.8 Å². The van der Waals surface area contributed by atoms with Crippen molar-refractivity contribution in [2.45, 2.75) is 6.42 Å². The van der Waals surface area contributed by atoms with Gasteiger partial charge in [0.2, 0.25) is 11.1 Å². The SMILES string of the molecule is COc1cc2c(-c3c[nH]c4ccc(OS(C)=O)cc34)ncnc2cc1OCCCN1CCOCC1.Cl. The lowest BCUT2D eigenvalue weighted by Gasteiger charge is -2.26. The van der Waals surface area contributed by atoms with Crippen LogP contribution in [0.25, 0.3) is 33.1 Å². The van der Waals surface area contributed by atoms with Crippen LogP contribution in [0.5, 0.6) is 17.2 Å². The molecule has 0 spiro atoms. The number of aromatic amines is 1. The van der Waals surface area contributed by atoms with E-state index in [1.807, 2.05) is 30.5 Å². The molecule has 11 heteroatoms. The fourth-order valence-corrected chi connectivity index (χ4v) is 4.70. The molecule has 0 saturated carbocycles. The number of ether oxygens (including phenoxy) is 3. The van der Waals surface area contributed by atoms with Crippen molar-refractivity contribution < 1.29 is 22.6 Å². The number of hydrogen-bond acceptors (Lipinski definition) is 8. The number of nitrogens with one attached hydrogen (secondary N) is 1. The van der Waals surface area contributed by atoms with Crippen molar-refractivity contribution in [3.8, 4) is 28.5 Å². The molecule has 1 unspecified atom stereocenters. The molecular formula is C25H29ClN4O5S. The summed E-state index contributed by atoms with van der Waals surface area (Å²) in [6.07, 6.45) is 5.86. The quantitative estimate of drug-likeness (QED) is 0.323. The van der Waals surface area contributed by atoms with Crippen LogP contribution < -0.4 is 13.7 Å². The van der Waals surface area contributed by atoms with Gasteiger partial charge in [-0.05, 0) is 30.7 Å². The number of fused-ring (bicyclic) bond motifs is 2. The summed E-state index contributed by atoms with van der Waals surface area (Å²) in [7, 11) is 1.63. The molecule has 1 fully saturated rings. The number of H-pyrrole nitrogens is 1. The first kappa shape index (κ1) is 26.2. The molecule has 0 aliphatic carbocycles. The van der Waals surface area contributed by atoms with Crippen molar-refractivity contribution in [3.05, 3.63) is 42.9 Å². The molecule has 192 valence electrons. The lowest BCUT2D eigenvalue weighted by molar-refractivity contribution is 0.0357. The molecule has 0 amide bonds. The first-order valence-electron chi connectivity index (χ1n) is 11.5. The summed E-state index contributed by atoms with van der Waals surface area (Å²) in [5.74, 6) is 1.82. The lowest BCUT2D eigenvalue weighted by Crippen LogP contribution is -2.37. The second-order valence-electron chi connectivity index (χ2n) is 8.29. The highest BCUT2D eigenvalue weighted by atomic mass is 35.5. The summed E-state index contributed by atoms with van der Waals surface area (Å²) in [6, 6.07) is 9.36. The maximum Gasteiger partial charge on any atom is 0.203 e. The minimum Gasteiger partial charge on any atom is -0.493 e. The van der Waals surface area contributed by atoms with Gasteiger partial charge in [-0.2, -0.15) is 0 Å². The third-order valence-corrected chi connectivity index (χ3v) is 6.45. The van der Waals surface area contributed by atoms with E-state index in [-0.39, 0.29) is 12.4 Å². The van der Waals surface area contributed by atoms with Gasteiger partial charge in [-0.25, -0.2) is 14.2 Å². The van der Waals surface area contributed by atoms with E-state index in [9.17, 15) is 4.21 Å². The van der Waals surface area contributed by atoms with Gasteiger partial charge in [-0.1, -0.05) is 0 Å². The van der Waals surface area contributed by atoms with Crippen LogP contribution in [-0.4, -0.2) is 76.9 Å². The first-order valence-corrected chi connectivity index (χ1v) is 13.0. The molecule has 3 heterocycles. The maximum absolute atomic E-state index is 11.5. The third-order valence-electron chi connectivity index (χ3n) is 6.02. The van der Waals surface area contributed by atoms with E-state index < -0.39 is 11.1 Å². The summed E-state index contributed by atoms with van der Waals surface area (Å²) in [5, 5.41) is 1.76. The monoisotopic (exact) mass is 532 g/mol. The van der Waals surface area contributed by atoms with Gasteiger partial charge in [0.15, 0.2) is 11.5 Å². The van der Waals surface area contributed by atoms with Crippen LogP contribution in [0.15, 0.2) is 42.9 Å². The van der Waals surface area contributed by atoms with Crippen LogP contribution >= 0.6 is 12.4 Å². The smallest absolute Gasteiger partial charge is 0.203 e. The van der Waals surface area contributed by atoms with E-state index in [2.05, 4.69) is 19.9 Å². The van der Waals surface area contributed by atoms with Gasteiger partial charge in [0.25, 0.3) is 0 Å². The van der Waals surface area contributed by atoms with Crippen molar-refractivity contribution in [3.63, 3.8) is 0 Å². The molecule has 1 atom stereocenters. The lowest BCUT2D eigenvalue weighted by atomic mass is 10.0. The van der Waals surface area contributed by atoms with E-state index in [0.29, 0.717) is 23.9 Å². The molecule has 5 rings (SSSR count). The normalized spacial score (nSPS) is 14.9. The summed E-state index contributed by atoms with van der Waals surface area (Å²) in [6.45, 7) is 5.09. The summed E-state index contributed by atoms with van der Waals surface area (Å²) in [4.78, 5) is 14.7. The Bertz CT molecular complexity index is 1360. The molecule has 1 aliphatic heterocycles. The van der Waals surface area contributed by atoms with E-state index in [1.165, 1.54) is 6.26 Å². The molecule has 1 N–H and O–H groups in total. The summed E-state index contributed by atoms with van der Waals surface area (Å²) < 4.78 is 34.1. The van der Waals surface area contributed by atoms with Crippen LogP contribution in [0.1, 0.15) is 6.42 Å². The maximum atomic E-state index is 11.5. The third kappa shape index (κ3) is 5.73. The standard InChI is InChI=1S/C25H28N4O5S.ClH/c1-31-23-13-19-22(14-24(23)33-9-3-6-29-7-10-32-11-8-29)27-16-28-25(19)20-15-26-21-5-4-17(12-18(20)21)34-35(2)30;/h4-5,12-16,26H,3,6-11H2,1-2H3;1H. The van der Waals surface area contributed by atoms with Crippen LogP contribution in [0.4, 0.5) is 0 Å². The summed E-state index contributed by atoms with van der Waals surface area (Å²) in [5.41, 5.74) is 3.33. The number of morpholine rings is 1. The Morgan fingerprint density at radius 3 is 2.72 bits per heavy atom. The highest BCUT2D eigenvalue weighted by molar-refractivity contribution is 7.79. The molecular weight excluding hydrogens is 504 g/mol. The van der Waals surface area contributed by atoms with Gasteiger partial charge in [0.05, 0.1) is 38.1 Å². The Balaban J connectivity index is 0.00000304. The van der Waals surface area contributed by atoms with Gasteiger partial charge < -0.3 is 23.4 Å². The minimum absolute atomic E-state index is 0. The molecule has 4 aromatic rings. The predicted octanol–water partition coefficient (Wildman–Crippen LogP) is 3.98. The molecule has 2 aromatic carbocycles. The first-order chi connectivity index (χ1) is 17.1. The van der Waals surface area contributed by atoms with E-state index in [1.54, 1.807) is 19.5 Å². The second-order valence-corrected chi connectivity index (χ2v) is 9.26. The van der Waals surface area contributed by atoms with Crippen molar-refractivity contribution in [1.82, 2.24) is 19.9 Å². The van der Waals surface area contributed by atoms with Gasteiger partial charge >= 0.3 is 0 Å². The van der Waals surface area contributed by atoms with Crippen molar-refractivity contribution in [2.24, 2.45) is 0 Å². The Morgan fingerprint density at radius 1 is 1.11 bits per heavy atom. The van der Waals surface area contributed by atoms with Crippen LogP contribution in [0.2, 0.25) is 0 Å². The predicted molar refractivity (Wildman–Crippen MR) is 143 cm³/mol. The van der Waals surface area contributed by atoms with Crippen LogP contribution in [-0.2, 0) is 15.8 Å². The van der Waals surface area contributed by atoms with Gasteiger partial charge in [-0.15, -0.1) is 12.4 Å². The Morgan fingerprint density at radius 2 is 1.94 bits per heavy atom. The zero-order valence-electron chi connectivity index (χ0n) is 20.2. The average Bonchev–Trinajstić information content (AvgIpc) is 3.29. The zero-order chi connectivity index (χ0) is 24.2. The van der Waals surface area contributed by atoms with Gasteiger partial charge in [-0.3, -0.25) is 4.90 Å². The van der Waals surface area contributed by atoms with E-state index in [4.69, 9.17) is 18.4 Å². The number of halogens is 1. The van der Waals surface area contributed by atoms with E-state index in [0.717, 1.165) is 72.3 Å². The second kappa shape index (κ2) is 11.9. The fourth-order valence-electron chi connectivity index (χ4n) is 4.33. The molecule has 0 bridgehead atoms. The largest absolute Gasteiger partial charge is 0.493 e. The number of benzene rings is 2. The Hall–Kier alpha value is -2.92. The Kier molecular flexibility index (Phi) is 8.63. The molecule has 36 heavy (non-hydrogen) atoms. The van der Waals surface area contributed by atoms with Gasteiger partial charge in [0, 0.05) is 60.0 Å². The number of nitrogens with zero attached hydrogens (tertiary/aromatic N) is 3. The van der Waals surface area contributed by atoms with Crippen LogP contribution in [0, 0.1) is 0 Å². The molecule has 1 saturated heterocycles. The number of hydrogen-bond donors (Lipinski definition) is 1.